The van der Waals surface area contributed by atoms with Gasteiger partial charge < -0.3 is 0 Å². The highest BCUT2D eigenvalue weighted by Gasteiger charge is 2.43. The molecule has 0 radical (unpaired) electrons. The standard InChI is InChI=1S/C15H4Br4N2O4/c16-2-1-3(17)5-7-6-4(2)12(22)20-14(24)8(6)10(18)11(19)9(7)15(25)21-13(5)23/h1H2,(H,20,22,24)(H,21,23,25). The number of hydrogen-bond donors (Lipinski definition) is 2. The summed E-state index contributed by atoms with van der Waals surface area (Å²) in [7, 11) is 0. The second-order valence-electron chi connectivity index (χ2n) is 5.43. The fourth-order valence-electron chi connectivity index (χ4n) is 3.13. The van der Waals surface area contributed by atoms with Crippen molar-refractivity contribution in [3.8, 4) is 0 Å². The maximum atomic E-state index is 12.5. The monoisotopic (exact) mass is 592 g/mol. The van der Waals surface area contributed by atoms with E-state index in [0.29, 0.717) is 17.9 Å². The molecule has 0 aromatic heterocycles. The summed E-state index contributed by atoms with van der Waals surface area (Å²) >= 11 is 13.4. The van der Waals surface area contributed by atoms with Crippen LogP contribution in [0.2, 0.25) is 0 Å². The molecule has 6 nitrogen and oxygen atoms in total. The second-order valence-corrected chi connectivity index (χ2v) is 8.93. The van der Waals surface area contributed by atoms with Gasteiger partial charge in [0.15, 0.2) is 0 Å². The van der Waals surface area contributed by atoms with Gasteiger partial charge in [0.1, 0.15) is 0 Å². The van der Waals surface area contributed by atoms with E-state index >= 15 is 0 Å². The van der Waals surface area contributed by atoms with Crippen LogP contribution in [0.1, 0.15) is 38.3 Å². The molecule has 0 spiro atoms. The average molecular weight is 596 g/mol. The molecule has 0 fully saturated rings. The molecule has 2 N–H and O–H groups in total. The Hall–Kier alpha value is -1.10. The van der Waals surface area contributed by atoms with E-state index in [2.05, 4.69) is 74.4 Å². The van der Waals surface area contributed by atoms with Crippen LogP contribution in [0.15, 0.2) is 17.9 Å². The van der Waals surface area contributed by atoms with Gasteiger partial charge in [0.05, 0.1) is 22.3 Å². The first-order chi connectivity index (χ1) is 11.7. The lowest BCUT2D eigenvalue weighted by molar-refractivity contribution is -0.115. The van der Waals surface area contributed by atoms with Gasteiger partial charge in [-0.25, -0.2) is 0 Å². The third kappa shape index (κ3) is 2.23. The summed E-state index contributed by atoms with van der Waals surface area (Å²) in [6, 6.07) is 0. The van der Waals surface area contributed by atoms with Gasteiger partial charge in [0, 0.05) is 35.5 Å². The van der Waals surface area contributed by atoms with Crippen molar-refractivity contribution in [3.05, 3.63) is 40.2 Å². The number of carbonyl (C=O) groups excluding carboxylic acids is 4. The van der Waals surface area contributed by atoms with Crippen LogP contribution in [-0.2, 0) is 9.59 Å². The maximum absolute atomic E-state index is 12.5. The molecule has 126 valence electrons. The number of halogens is 4. The van der Waals surface area contributed by atoms with E-state index < -0.39 is 23.6 Å². The molecule has 0 atom stereocenters. The van der Waals surface area contributed by atoms with Crippen LogP contribution in [0.25, 0.3) is 11.1 Å². The van der Waals surface area contributed by atoms with E-state index in [-0.39, 0.29) is 39.8 Å². The Labute approximate surface area is 174 Å². The zero-order chi connectivity index (χ0) is 18.2. The van der Waals surface area contributed by atoms with Crippen LogP contribution in [0.5, 0.6) is 0 Å². The fraction of sp³-hybridized carbons (Fsp3) is 0.0667. The number of allylic oxidation sites excluding steroid dienone is 2. The molecule has 4 amide bonds. The predicted octanol–water partition coefficient (Wildman–Crippen LogP) is 3.37. The topological polar surface area (TPSA) is 92.3 Å². The highest BCUT2D eigenvalue weighted by molar-refractivity contribution is 9.13. The minimum atomic E-state index is -0.602. The number of benzene rings is 1. The van der Waals surface area contributed by atoms with Crippen molar-refractivity contribution in [3.63, 3.8) is 0 Å². The molecule has 3 aliphatic rings. The fourth-order valence-corrected chi connectivity index (χ4v) is 5.98. The largest absolute Gasteiger partial charge is 0.288 e. The van der Waals surface area contributed by atoms with Crippen LogP contribution in [0, 0.1) is 0 Å². The van der Waals surface area contributed by atoms with Crippen LogP contribution in [0.3, 0.4) is 0 Å². The SMILES string of the molecule is O=C1NC(=O)c2c(Br)c(Br)c3c4c2C1=C(Br)CC(Br)=C4C(=O)NC3=O. The number of amides is 4. The molecule has 0 saturated heterocycles. The van der Waals surface area contributed by atoms with E-state index in [1.54, 1.807) is 0 Å². The lowest BCUT2D eigenvalue weighted by Crippen LogP contribution is -2.41. The molecule has 2 heterocycles. The minimum Gasteiger partial charge on any atom is -0.288 e. The number of hydrogen-bond acceptors (Lipinski definition) is 4. The van der Waals surface area contributed by atoms with Gasteiger partial charge in [-0.05, 0) is 31.9 Å². The summed E-state index contributed by atoms with van der Waals surface area (Å²) in [5.41, 5.74) is 1.40. The third-order valence-corrected chi connectivity index (χ3v) is 7.57. The highest BCUT2D eigenvalue weighted by Crippen LogP contribution is 2.50. The van der Waals surface area contributed by atoms with E-state index in [9.17, 15) is 19.2 Å². The summed E-state index contributed by atoms with van der Waals surface area (Å²) in [4.78, 5) is 49.9. The van der Waals surface area contributed by atoms with Gasteiger partial charge in [0.2, 0.25) is 0 Å². The average Bonchev–Trinajstić information content (AvgIpc) is 2.61. The third-order valence-electron chi connectivity index (χ3n) is 4.10. The Morgan fingerprint density at radius 3 is 1.28 bits per heavy atom. The van der Waals surface area contributed by atoms with Gasteiger partial charge >= 0.3 is 0 Å². The quantitative estimate of drug-likeness (QED) is 0.450. The summed E-state index contributed by atoms with van der Waals surface area (Å²) in [5, 5.41) is 4.59. The molecular weight excluding hydrogens is 592 g/mol. The lowest BCUT2D eigenvalue weighted by Gasteiger charge is -2.28. The van der Waals surface area contributed by atoms with Gasteiger partial charge in [-0.1, -0.05) is 31.9 Å². The van der Waals surface area contributed by atoms with Crippen molar-refractivity contribution in [2.24, 2.45) is 0 Å². The van der Waals surface area contributed by atoms with Crippen molar-refractivity contribution in [2.75, 3.05) is 0 Å². The van der Waals surface area contributed by atoms with E-state index in [4.69, 9.17) is 0 Å². The van der Waals surface area contributed by atoms with Crippen LogP contribution in [0.4, 0.5) is 0 Å². The normalized spacial score (nSPS) is 18.9. The van der Waals surface area contributed by atoms with Crippen LogP contribution >= 0.6 is 63.7 Å². The molecule has 1 aliphatic carbocycles. The summed E-state index contributed by atoms with van der Waals surface area (Å²) in [6.07, 6.45) is 0.233. The zero-order valence-corrected chi connectivity index (χ0v) is 18.2. The van der Waals surface area contributed by atoms with Crippen molar-refractivity contribution >= 4 is 98.5 Å². The first kappa shape index (κ1) is 17.3. The van der Waals surface area contributed by atoms with Crippen LogP contribution < -0.4 is 10.6 Å². The van der Waals surface area contributed by atoms with Crippen LogP contribution in [-0.4, -0.2) is 23.6 Å². The van der Waals surface area contributed by atoms with Gasteiger partial charge in [-0.15, -0.1) is 0 Å². The Kier molecular flexibility index (Phi) is 3.95. The Balaban J connectivity index is 2.32. The number of rotatable bonds is 0. The van der Waals surface area contributed by atoms with E-state index in [1.807, 2.05) is 0 Å². The number of carbonyl (C=O) groups is 4. The van der Waals surface area contributed by atoms with Crippen molar-refractivity contribution in [1.82, 2.24) is 10.6 Å². The molecule has 10 heteroatoms. The molecule has 0 unspecified atom stereocenters. The molecule has 1 aromatic rings. The first-order valence-corrected chi connectivity index (χ1v) is 9.95. The van der Waals surface area contributed by atoms with Crippen molar-refractivity contribution in [1.29, 1.82) is 0 Å². The molecule has 1 aromatic carbocycles. The molecule has 0 bridgehead atoms. The van der Waals surface area contributed by atoms with Gasteiger partial charge in [-0.3, -0.25) is 29.8 Å². The molecule has 25 heavy (non-hydrogen) atoms. The first-order valence-electron chi connectivity index (χ1n) is 6.78. The zero-order valence-electron chi connectivity index (χ0n) is 11.9. The summed E-state index contributed by atoms with van der Waals surface area (Å²) < 4.78 is 1.69. The molecule has 0 saturated carbocycles. The number of imide groups is 2. The van der Waals surface area contributed by atoms with Crippen molar-refractivity contribution in [2.45, 2.75) is 6.42 Å². The lowest BCUT2D eigenvalue weighted by atomic mass is 9.83. The Bertz CT molecular complexity index is 958. The number of nitrogens with one attached hydrogen (secondary N) is 2. The summed E-state index contributed by atoms with van der Waals surface area (Å²) in [6.45, 7) is 0. The second kappa shape index (κ2) is 5.70. The Morgan fingerprint density at radius 1 is 0.560 bits per heavy atom. The van der Waals surface area contributed by atoms with Crippen molar-refractivity contribution < 1.29 is 19.2 Å². The smallest absolute Gasteiger partial charge is 0.259 e. The molecule has 4 rings (SSSR count). The predicted molar refractivity (Wildman–Crippen MR) is 103 cm³/mol. The molecular formula is C15H4Br4N2O4. The minimum absolute atomic E-state index is 0.194. The summed E-state index contributed by atoms with van der Waals surface area (Å²) in [5.74, 6) is -2.37. The van der Waals surface area contributed by atoms with Gasteiger partial charge in [0.25, 0.3) is 23.6 Å². The van der Waals surface area contributed by atoms with E-state index in [1.165, 1.54) is 0 Å². The van der Waals surface area contributed by atoms with E-state index in [0.717, 1.165) is 0 Å². The Morgan fingerprint density at radius 2 is 0.920 bits per heavy atom. The van der Waals surface area contributed by atoms with Gasteiger partial charge in [-0.2, -0.15) is 0 Å². The molecule has 2 aliphatic heterocycles. The highest BCUT2D eigenvalue weighted by atomic mass is 79.9. The maximum Gasteiger partial charge on any atom is 0.259 e.